The Hall–Kier alpha value is -3.88. The highest BCUT2D eigenvalue weighted by Gasteiger charge is 2.28. The van der Waals surface area contributed by atoms with Gasteiger partial charge in [-0.15, -0.1) is 0 Å². The van der Waals surface area contributed by atoms with Crippen LogP contribution in [0, 0.1) is 17.5 Å². The van der Waals surface area contributed by atoms with Crippen LogP contribution in [0.2, 0.25) is 25.7 Å². The van der Waals surface area contributed by atoms with Crippen LogP contribution in [0.15, 0.2) is 42.5 Å². The number of halogens is 3. The topological polar surface area (TPSA) is 103 Å². The van der Waals surface area contributed by atoms with Crippen LogP contribution in [0.1, 0.15) is 16.1 Å². The highest BCUT2D eigenvalue weighted by molar-refractivity contribution is 7.74. The van der Waals surface area contributed by atoms with Crippen LogP contribution in [0.4, 0.5) is 24.5 Å². The van der Waals surface area contributed by atoms with Gasteiger partial charge < -0.3 is 14.8 Å². The number of fused-ring (bicyclic) bond motifs is 2. The number of ether oxygens (including phenoxy) is 2. The second kappa shape index (κ2) is 12.0. The molecule has 5 rings (SSSR count). The average molecular weight is 633 g/mol. The Bertz CT molecular complexity index is 1800. The Morgan fingerprint density at radius 3 is 2.58 bits per heavy atom. The first-order chi connectivity index (χ1) is 20.4. The number of aromatic nitrogens is 2. The fourth-order valence-corrected chi connectivity index (χ4v) is 6.29. The Balaban J connectivity index is 1.62. The molecule has 0 atom stereocenters. The van der Waals surface area contributed by atoms with Crippen molar-refractivity contribution in [2.24, 2.45) is 0 Å². The van der Waals surface area contributed by atoms with E-state index >= 15 is 13.2 Å². The molecule has 2 heterocycles. The van der Waals surface area contributed by atoms with Gasteiger partial charge in [0.05, 0.1) is 23.5 Å². The molecule has 1 aliphatic rings. The van der Waals surface area contributed by atoms with Crippen molar-refractivity contribution in [3.63, 3.8) is 0 Å². The van der Waals surface area contributed by atoms with Gasteiger partial charge in [0.25, 0.3) is 5.91 Å². The number of benzene rings is 3. The molecule has 9 nitrogen and oxygen atoms in total. The third kappa shape index (κ3) is 5.99. The normalized spacial score (nSPS) is 12.9. The quantitative estimate of drug-likeness (QED) is 0.138. The zero-order valence-corrected chi connectivity index (χ0v) is 25.9. The molecular formula is C29H31F3N4O5SSi. The van der Waals surface area contributed by atoms with E-state index in [1.807, 2.05) is 0 Å². The zero-order chi connectivity index (χ0) is 31.1. The minimum Gasteiger partial charge on any atom is -0.493 e. The van der Waals surface area contributed by atoms with Crippen molar-refractivity contribution >= 4 is 47.1 Å². The summed E-state index contributed by atoms with van der Waals surface area (Å²) >= 11 is 0. The molecule has 0 spiro atoms. The number of amides is 1. The SMILES string of the molecule is CNC(=O)c1nn(COCC[Si](C)(C)C)c2c(F)c(-c3c(F)ccc(N(c4ccc5c(c4)OCC5)[SH](=O)=O)c3F)ccc12. The lowest BCUT2D eigenvalue weighted by atomic mass is 10.00. The van der Waals surface area contributed by atoms with E-state index in [2.05, 4.69) is 30.1 Å². The molecular weight excluding hydrogens is 601 g/mol. The van der Waals surface area contributed by atoms with Gasteiger partial charge in [0.15, 0.2) is 17.3 Å². The van der Waals surface area contributed by atoms with E-state index in [1.54, 1.807) is 6.07 Å². The van der Waals surface area contributed by atoms with Gasteiger partial charge in [0.1, 0.15) is 23.8 Å². The molecule has 1 aromatic heterocycles. The lowest BCUT2D eigenvalue weighted by Gasteiger charge is -2.21. The fourth-order valence-electron chi connectivity index (χ4n) is 4.89. The summed E-state index contributed by atoms with van der Waals surface area (Å²) in [4.78, 5) is 12.5. The molecule has 0 bridgehead atoms. The maximum atomic E-state index is 16.3. The first-order valence-electron chi connectivity index (χ1n) is 13.6. The number of hydrogen-bond acceptors (Lipinski definition) is 6. The molecule has 43 heavy (non-hydrogen) atoms. The van der Waals surface area contributed by atoms with Gasteiger partial charge in [-0.05, 0) is 35.9 Å². The molecule has 0 radical (unpaired) electrons. The fraction of sp³-hybridized carbons (Fsp3) is 0.310. The summed E-state index contributed by atoms with van der Waals surface area (Å²) in [6, 6.07) is 9.80. The summed E-state index contributed by atoms with van der Waals surface area (Å²) in [5.74, 6) is -3.56. The molecule has 0 saturated carbocycles. The maximum Gasteiger partial charge on any atom is 0.272 e. The van der Waals surface area contributed by atoms with E-state index in [0.29, 0.717) is 29.7 Å². The lowest BCUT2D eigenvalue weighted by Crippen LogP contribution is -2.22. The van der Waals surface area contributed by atoms with Crippen LogP contribution >= 0.6 is 0 Å². The Kier molecular flexibility index (Phi) is 8.54. The summed E-state index contributed by atoms with van der Waals surface area (Å²) < 4.78 is 85.6. The van der Waals surface area contributed by atoms with Gasteiger partial charge in [0, 0.05) is 45.2 Å². The molecule has 228 valence electrons. The monoisotopic (exact) mass is 632 g/mol. The van der Waals surface area contributed by atoms with Crippen molar-refractivity contribution in [2.45, 2.75) is 38.8 Å². The predicted molar refractivity (Wildman–Crippen MR) is 161 cm³/mol. The number of rotatable bonds is 10. The largest absolute Gasteiger partial charge is 0.493 e. The van der Waals surface area contributed by atoms with Gasteiger partial charge in [-0.25, -0.2) is 30.6 Å². The second-order valence-corrected chi connectivity index (χ2v) is 17.8. The Morgan fingerprint density at radius 1 is 1.12 bits per heavy atom. The van der Waals surface area contributed by atoms with Gasteiger partial charge in [0.2, 0.25) is 10.9 Å². The first kappa shape index (κ1) is 30.6. The van der Waals surface area contributed by atoms with E-state index in [0.717, 1.165) is 34.5 Å². The Morgan fingerprint density at radius 2 is 1.88 bits per heavy atom. The van der Waals surface area contributed by atoms with Crippen LogP contribution in [0.5, 0.6) is 5.75 Å². The molecule has 1 amide bonds. The van der Waals surface area contributed by atoms with Gasteiger partial charge in [-0.3, -0.25) is 4.79 Å². The number of hydrogen-bond donors (Lipinski definition) is 2. The summed E-state index contributed by atoms with van der Waals surface area (Å²) in [6.07, 6.45) is 0.650. The first-order valence-corrected chi connectivity index (χ1v) is 18.4. The van der Waals surface area contributed by atoms with Crippen LogP contribution in [0.3, 0.4) is 0 Å². The number of thiol groups is 1. The molecule has 1 N–H and O–H groups in total. The third-order valence-corrected chi connectivity index (χ3v) is 9.64. The minimum atomic E-state index is -3.45. The van der Waals surface area contributed by atoms with Crippen molar-refractivity contribution in [1.82, 2.24) is 15.1 Å². The average Bonchev–Trinajstić information content (AvgIpc) is 3.57. The molecule has 1 aliphatic heterocycles. The molecule has 14 heteroatoms. The lowest BCUT2D eigenvalue weighted by molar-refractivity contribution is 0.0802. The standard InChI is InChI=1S/C29H31F3N4O5SSi/c1-33-29(37)27-20-8-7-19(25(31)28(20)35(34-27)16-40-13-14-43(2,3)4)24-21(30)9-10-22(26(24)32)36(42(38)39)18-6-5-17-11-12-41-23(17)15-18/h5-10,15,42H,11-14,16H2,1-4H3,(H,33,37). The van der Waals surface area contributed by atoms with Crippen molar-refractivity contribution in [3.8, 4) is 16.9 Å². The highest BCUT2D eigenvalue weighted by atomic mass is 32.2. The minimum absolute atomic E-state index is 0.0768. The molecule has 0 fully saturated rings. The van der Waals surface area contributed by atoms with Gasteiger partial charge in [-0.1, -0.05) is 31.8 Å². The number of nitrogens with one attached hydrogen (secondary N) is 1. The third-order valence-electron chi connectivity index (χ3n) is 7.16. The second-order valence-electron chi connectivity index (χ2n) is 11.3. The van der Waals surface area contributed by atoms with Gasteiger partial charge >= 0.3 is 0 Å². The summed E-state index contributed by atoms with van der Waals surface area (Å²) in [6.45, 7) is 7.14. The number of carbonyl (C=O) groups excluding carboxylic acids is 1. The van der Waals surface area contributed by atoms with Gasteiger partial charge in [-0.2, -0.15) is 5.10 Å². The summed E-state index contributed by atoms with van der Waals surface area (Å²) in [7, 11) is -3.47. The van der Waals surface area contributed by atoms with E-state index in [4.69, 9.17) is 9.47 Å². The number of nitrogens with zero attached hydrogens (tertiary/aromatic N) is 3. The van der Waals surface area contributed by atoms with Crippen LogP contribution in [-0.4, -0.2) is 52.4 Å². The van der Waals surface area contributed by atoms with E-state index in [1.165, 1.54) is 25.2 Å². The van der Waals surface area contributed by atoms with E-state index < -0.39 is 59.1 Å². The summed E-state index contributed by atoms with van der Waals surface area (Å²) in [5, 5.41) is 6.81. The van der Waals surface area contributed by atoms with E-state index in [-0.39, 0.29) is 29.0 Å². The molecule has 0 unspecified atom stereocenters. The molecule has 0 aliphatic carbocycles. The Labute approximate surface area is 249 Å². The van der Waals surface area contributed by atoms with Crippen LogP contribution < -0.4 is 14.4 Å². The number of carbonyl (C=O) groups is 1. The van der Waals surface area contributed by atoms with Crippen molar-refractivity contribution in [1.29, 1.82) is 0 Å². The van der Waals surface area contributed by atoms with Crippen molar-refractivity contribution < 1.29 is 35.9 Å². The predicted octanol–water partition coefficient (Wildman–Crippen LogP) is 5.39. The van der Waals surface area contributed by atoms with Crippen LogP contribution in [0.25, 0.3) is 22.0 Å². The van der Waals surface area contributed by atoms with Crippen molar-refractivity contribution in [2.75, 3.05) is 24.6 Å². The molecule has 4 aromatic rings. The smallest absolute Gasteiger partial charge is 0.272 e. The highest BCUT2D eigenvalue weighted by Crippen LogP contribution is 2.40. The number of anilines is 2. The van der Waals surface area contributed by atoms with Crippen molar-refractivity contribution in [3.05, 3.63) is 71.2 Å². The zero-order valence-electron chi connectivity index (χ0n) is 24.0. The molecule has 0 saturated heterocycles. The van der Waals surface area contributed by atoms with Crippen LogP contribution in [-0.2, 0) is 28.8 Å². The molecule has 3 aromatic carbocycles. The summed E-state index contributed by atoms with van der Waals surface area (Å²) in [5.41, 5.74) is -1.07. The maximum absolute atomic E-state index is 16.3. The van der Waals surface area contributed by atoms with E-state index in [9.17, 15) is 13.2 Å².